The zero-order valence-electron chi connectivity index (χ0n) is 10.9. The number of benzene rings is 2. The van der Waals surface area contributed by atoms with Crippen molar-refractivity contribution in [3.63, 3.8) is 0 Å². The number of ketones is 1. The number of ether oxygens (including phenoxy) is 1. The van der Waals surface area contributed by atoms with Crippen molar-refractivity contribution in [2.45, 2.75) is 13.5 Å². The monoisotopic (exact) mass is 298 g/mol. The number of hydrogen-bond acceptors (Lipinski definition) is 2. The Morgan fingerprint density at radius 2 is 1.62 bits per heavy atom. The fourth-order valence-electron chi connectivity index (χ4n) is 1.76. The molecule has 0 atom stereocenters. The Hall–Kier alpha value is -2.37. The lowest BCUT2D eigenvalue weighted by molar-refractivity contribution is -0.0498. The van der Waals surface area contributed by atoms with Crippen LogP contribution >= 0.6 is 0 Å². The van der Waals surface area contributed by atoms with Crippen molar-refractivity contribution in [3.05, 3.63) is 64.7 Å². The second-order valence-corrected chi connectivity index (χ2v) is 4.29. The second kappa shape index (κ2) is 5.95. The van der Waals surface area contributed by atoms with Gasteiger partial charge in [-0.25, -0.2) is 8.78 Å². The average molecular weight is 298 g/mol. The minimum absolute atomic E-state index is 0.0405. The zero-order chi connectivity index (χ0) is 15.6. The fraction of sp³-hybridized carbons (Fsp3) is 0.133. The molecule has 21 heavy (non-hydrogen) atoms. The second-order valence-electron chi connectivity index (χ2n) is 4.29. The molecule has 2 aromatic carbocycles. The Labute approximate surface area is 118 Å². The van der Waals surface area contributed by atoms with Gasteiger partial charge in [-0.1, -0.05) is 6.07 Å². The minimum Gasteiger partial charge on any atom is -0.435 e. The first kappa shape index (κ1) is 15.0. The Balaban J connectivity index is 2.30. The Morgan fingerprint density at radius 1 is 1.00 bits per heavy atom. The van der Waals surface area contributed by atoms with E-state index in [4.69, 9.17) is 0 Å². The Kier molecular flexibility index (Phi) is 4.26. The third-order valence-corrected chi connectivity index (χ3v) is 2.86. The van der Waals surface area contributed by atoms with Crippen molar-refractivity contribution in [1.82, 2.24) is 0 Å². The molecule has 2 nitrogen and oxygen atoms in total. The van der Waals surface area contributed by atoms with E-state index < -0.39 is 29.6 Å². The van der Waals surface area contributed by atoms with Crippen molar-refractivity contribution >= 4 is 5.78 Å². The quantitative estimate of drug-likeness (QED) is 0.627. The van der Waals surface area contributed by atoms with E-state index in [1.165, 1.54) is 31.2 Å². The molecule has 0 bridgehead atoms. The normalized spacial score (nSPS) is 10.8. The Bertz CT molecular complexity index is 666. The molecule has 0 aliphatic rings. The number of carbonyl (C=O) groups excluding carboxylic acids is 1. The van der Waals surface area contributed by atoms with Crippen LogP contribution in [-0.2, 0) is 0 Å². The predicted octanol–water partition coefficient (Wildman–Crippen LogP) is 4.11. The predicted molar refractivity (Wildman–Crippen MR) is 67.6 cm³/mol. The number of carbonyl (C=O) groups is 1. The van der Waals surface area contributed by atoms with Gasteiger partial charge in [-0.15, -0.1) is 0 Å². The third kappa shape index (κ3) is 3.21. The molecule has 6 heteroatoms. The van der Waals surface area contributed by atoms with Crippen LogP contribution < -0.4 is 4.74 Å². The van der Waals surface area contributed by atoms with Crippen LogP contribution in [-0.4, -0.2) is 12.4 Å². The molecule has 0 aliphatic heterocycles. The molecule has 0 radical (unpaired) electrons. The summed E-state index contributed by atoms with van der Waals surface area (Å²) in [6.45, 7) is -1.60. The highest BCUT2D eigenvalue weighted by Gasteiger charge is 2.18. The van der Waals surface area contributed by atoms with Gasteiger partial charge in [-0.2, -0.15) is 8.78 Å². The smallest absolute Gasteiger partial charge is 0.387 e. The SMILES string of the molecule is Cc1ccc(C(=O)c2ccc(OC(F)F)cc2)c(F)c1F. The van der Waals surface area contributed by atoms with Crippen molar-refractivity contribution in [3.8, 4) is 5.75 Å². The minimum atomic E-state index is -2.98. The highest BCUT2D eigenvalue weighted by molar-refractivity contribution is 6.09. The number of rotatable bonds is 4. The van der Waals surface area contributed by atoms with Crippen molar-refractivity contribution in [1.29, 1.82) is 0 Å². The number of halogens is 4. The summed E-state index contributed by atoms with van der Waals surface area (Å²) in [4.78, 5) is 12.1. The summed E-state index contributed by atoms with van der Waals surface area (Å²) in [5.74, 6) is -3.18. The van der Waals surface area contributed by atoms with Crippen molar-refractivity contribution < 1.29 is 27.1 Å². The first-order valence-electron chi connectivity index (χ1n) is 5.94. The molecule has 0 saturated heterocycles. The van der Waals surface area contributed by atoms with E-state index >= 15 is 0 Å². The maximum absolute atomic E-state index is 13.7. The van der Waals surface area contributed by atoms with Gasteiger partial charge in [0.15, 0.2) is 17.4 Å². The molecule has 0 saturated carbocycles. The van der Waals surface area contributed by atoms with Gasteiger partial charge < -0.3 is 4.74 Å². The molecular weight excluding hydrogens is 288 g/mol. The summed E-state index contributed by atoms with van der Waals surface area (Å²) >= 11 is 0. The summed E-state index contributed by atoms with van der Waals surface area (Å²) in [6, 6.07) is 7.19. The molecule has 0 fully saturated rings. The van der Waals surface area contributed by atoms with Crippen molar-refractivity contribution in [2.75, 3.05) is 0 Å². The van der Waals surface area contributed by atoms with Crippen LogP contribution in [0.25, 0.3) is 0 Å². The van der Waals surface area contributed by atoms with Crippen molar-refractivity contribution in [2.24, 2.45) is 0 Å². The largest absolute Gasteiger partial charge is 0.435 e. The van der Waals surface area contributed by atoms with Gasteiger partial charge >= 0.3 is 6.61 Å². The summed E-state index contributed by atoms with van der Waals surface area (Å²) in [5, 5.41) is 0. The standard InChI is InChI=1S/C15H10F4O2/c1-8-2-7-11(13(17)12(8)16)14(20)9-3-5-10(6-4-9)21-15(18)19/h2-7,15H,1H3. The summed E-state index contributed by atoms with van der Waals surface area (Å²) in [5.41, 5.74) is -0.288. The van der Waals surface area contributed by atoms with E-state index in [0.29, 0.717) is 0 Å². The van der Waals surface area contributed by atoms with E-state index in [1.807, 2.05) is 0 Å². The van der Waals surface area contributed by atoms with Crippen LogP contribution in [0.4, 0.5) is 17.6 Å². The fourth-order valence-corrected chi connectivity index (χ4v) is 1.76. The van der Waals surface area contributed by atoms with Gasteiger partial charge in [0.2, 0.25) is 0 Å². The molecule has 2 rings (SSSR count). The summed E-state index contributed by atoms with van der Waals surface area (Å²) in [7, 11) is 0. The first-order chi connectivity index (χ1) is 9.90. The maximum atomic E-state index is 13.7. The van der Waals surface area contributed by atoms with Crippen LogP contribution in [0.5, 0.6) is 5.75 Å². The van der Waals surface area contributed by atoms with Gasteiger partial charge in [-0.05, 0) is 42.8 Å². The van der Waals surface area contributed by atoms with Gasteiger partial charge in [-0.3, -0.25) is 4.79 Å². The van der Waals surface area contributed by atoms with E-state index in [1.54, 1.807) is 0 Å². The lowest BCUT2D eigenvalue weighted by Crippen LogP contribution is -2.07. The number of aryl methyl sites for hydroxylation is 1. The molecule has 0 spiro atoms. The lowest BCUT2D eigenvalue weighted by atomic mass is 10.0. The summed E-state index contributed by atoms with van der Waals surface area (Å²) < 4.78 is 55.3. The third-order valence-electron chi connectivity index (χ3n) is 2.86. The molecule has 2 aromatic rings. The van der Waals surface area contributed by atoms with Crippen LogP contribution in [0, 0.1) is 18.6 Å². The maximum Gasteiger partial charge on any atom is 0.387 e. The molecule has 0 unspecified atom stereocenters. The van der Waals surface area contributed by atoms with E-state index in [2.05, 4.69) is 4.74 Å². The van der Waals surface area contributed by atoms with Gasteiger partial charge in [0.25, 0.3) is 0 Å². The molecule has 0 heterocycles. The van der Waals surface area contributed by atoms with E-state index in [9.17, 15) is 22.4 Å². The molecular formula is C15H10F4O2. The lowest BCUT2D eigenvalue weighted by Gasteiger charge is -2.07. The van der Waals surface area contributed by atoms with E-state index in [0.717, 1.165) is 12.1 Å². The topological polar surface area (TPSA) is 26.3 Å². The van der Waals surface area contributed by atoms with Gasteiger partial charge in [0.1, 0.15) is 5.75 Å². The molecule has 0 amide bonds. The highest BCUT2D eigenvalue weighted by atomic mass is 19.3. The Morgan fingerprint density at radius 3 is 2.19 bits per heavy atom. The molecule has 0 N–H and O–H groups in total. The number of hydrogen-bond donors (Lipinski definition) is 0. The average Bonchev–Trinajstić information content (AvgIpc) is 2.44. The summed E-state index contributed by atoms with van der Waals surface area (Å²) in [6.07, 6.45) is 0. The van der Waals surface area contributed by atoms with E-state index in [-0.39, 0.29) is 16.9 Å². The molecule has 0 aliphatic carbocycles. The van der Waals surface area contributed by atoms with Crippen LogP contribution in [0.2, 0.25) is 0 Å². The van der Waals surface area contributed by atoms with Gasteiger partial charge in [0.05, 0.1) is 5.56 Å². The molecule has 110 valence electrons. The zero-order valence-corrected chi connectivity index (χ0v) is 10.9. The highest BCUT2D eigenvalue weighted by Crippen LogP contribution is 2.21. The van der Waals surface area contributed by atoms with Crippen LogP contribution in [0.1, 0.15) is 21.5 Å². The molecule has 0 aromatic heterocycles. The first-order valence-corrected chi connectivity index (χ1v) is 5.94. The van der Waals surface area contributed by atoms with Gasteiger partial charge in [0, 0.05) is 5.56 Å². The number of alkyl halides is 2. The van der Waals surface area contributed by atoms with Crippen LogP contribution in [0.15, 0.2) is 36.4 Å². The van der Waals surface area contributed by atoms with Crippen LogP contribution in [0.3, 0.4) is 0 Å².